The molecule has 0 aromatic heterocycles. The summed E-state index contributed by atoms with van der Waals surface area (Å²) in [6.45, 7) is 9.11. The molecule has 0 aromatic carbocycles. The monoisotopic (exact) mass is 180 g/mol. The van der Waals surface area contributed by atoms with Crippen molar-refractivity contribution in [3.8, 4) is 0 Å². The summed E-state index contributed by atoms with van der Waals surface area (Å²) in [4.78, 5) is 13.7. The van der Waals surface area contributed by atoms with Crippen molar-refractivity contribution >= 4 is 5.91 Å². The van der Waals surface area contributed by atoms with Crippen LogP contribution in [-0.2, 0) is 4.79 Å². The van der Waals surface area contributed by atoms with Gasteiger partial charge in [-0.05, 0) is 26.3 Å². The summed E-state index contributed by atoms with van der Waals surface area (Å²) in [5.41, 5.74) is 2.47. The van der Waals surface area contributed by atoms with Crippen molar-refractivity contribution in [2.45, 2.75) is 26.3 Å². The molecule has 0 atom stereocenters. The van der Waals surface area contributed by atoms with Crippen LogP contribution in [0.25, 0.3) is 0 Å². The molecule has 3 nitrogen and oxygen atoms in total. The Morgan fingerprint density at radius 2 is 2.00 bits per heavy atom. The number of carbonyl (C=O) groups excluding carboxylic acids is 1. The van der Waals surface area contributed by atoms with E-state index in [1.807, 2.05) is 0 Å². The Kier molecular flexibility index (Phi) is 1.74. The van der Waals surface area contributed by atoms with E-state index >= 15 is 0 Å². The molecule has 2 heterocycles. The molecule has 13 heavy (non-hydrogen) atoms. The van der Waals surface area contributed by atoms with Crippen LogP contribution in [-0.4, -0.2) is 36.0 Å². The second-order valence-electron chi connectivity index (χ2n) is 4.79. The molecular weight excluding hydrogens is 164 g/mol. The third-order valence-electron chi connectivity index (χ3n) is 2.84. The van der Waals surface area contributed by atoms with E-state index < -0.39 is 0 Å². The number of nitrogens with one attached hydrogen (secondary N) is 1. The van der Waals surface area contributed by atoms with E-state index in [0.29, 0.717) is 0 Å². The van der Waals surface area contributed by atoms with E-state index in [9.17, 15) is 4.79 Å². The predicted molar refractivity (Wildman–Crippen MR) is 51.4 cm³/mol. The zero-order chi connectivity index (χ0) is 9.64. The van der Waals surface area contributed by atoms with Gasteiger partial charge in [-0.3, -0.25) is 9.69 Å². The van der Waals surface area contributed by atoms with Crippen LogP contribution in [0.3, 0.4) is 0 Å². The molecule has 0 aliphatic carbocycles. The minimum Gasteiger partial charge on any atom is -0.348 e. The van der Waals surface area contributed by atoms with E-state index in [1.54, 1.807) is 0 Å². The normalized spacial score (nSPS) is 23.8. The average Bonchev–Trinajstić information content (AvgIpc) is 2.51. The van der Waals surface area contributed by atoms with Gasteiger partial charge < -0.3 is 5.32 Å². The molecule has 1 N–H and O–H groups in total. The lowest BCUT2D eigenvalue weighted by Gasteiger charge is -2.32. The van der Waals surface area contributed by atoms with E-state index in [2.05, 4.69) is 31.0 Å². The molecule has 0 unspecified atom stereocenters. The molecule has 0 aromatic rings. The van der Waals surface area contributed by atoms with Gasteiger partial charge in [0, 0.05) is 30.7 Å². The van der Waals surface area contributed by atoms with Crippen molar-refractivity contribution in [3.05, 3.63) is 11.1 Å². The fraction of sp³-hybridized carbons (Fsp3) is 0.700. The third kappa shape index (κ3) is 1.37. The number of amides is 1. The highest BCUT2D eigenvalue weighted by atomic mass is 16.2. The molecule has 1 amide bonds. The van der Waals surface area contributed by atoms with Gasteiger partial charge in [0.2, 0.25) is 5.91 Å². The summed E-state index contributed by atoms with van der Waals surface area (Å²) in [6, 6.07) is 0. The predicted octanol–water partition coefficient (Wildman–Crippen LogP) is 0.527. The highest BCUT2D eigenvalue weighted by Crippen LogP contribution is 2.27. The quantitative estimate of drug-likeness (QED) is 0.589. The Morgan fingerprint density at radius 3 is 2.54 bits per heavy atom. The van der Waals surface area contributed by atoms with Crippen molar-refractivity contribution in [2.75, 3.05) is 19.6 Å². The zero-order valence-electron chi connectivity index (χ0n) is 8.48. The minimum absolute atomic E-state index is 0.141. The molecule has 72 valence electrons. The molecule has 2 aliphatic rings. The Morgan fingerprint density at radius 1 is 1.31 bits per heavy atom. The van der Waals surface area contributed by atoms with Gasteiger partial charge in [-0.2, -0.15) is 0 Å². The van der Waals surface area contributed by atoms with Crippen LogP contribution in [0, 0.1) is 0 Å². The van der Waals surface area contributed by atoms with Crippen LogP contribution in [0.5, 0.6) is 0 Å². The lowest BCUT2D eigenvalue weighted by molar-refractivity contribution is -0.116. The Labute approximate surface area is 78.8 Å². The highest BCUT2D eigenvalue weighted by molar-refractivity contribution is 5.98. The van der Waals surface area contributed by atoms with Crippen LogP contribution in [0.4, 0.5) is 0 Å². The maximum Gasteiger partial charge on any atom is 0.248 e. The number of rotatable bonds is 0. The highest BCUT2D eigenvalue weighted by Gasteiger charge is 2.35. The molecular formula is C10H16N2O. The van der Waals surface area contributed by atoms with Crippen molar-refractivity contribution in [1.82, 2.24) is 10.2 Å². The van der Waals surface area contributed by atoms with Crippen molar-refractivity contribution in [2.24, 2.45) is 0 Å². The summed E-state index contributed by atoms with van der Waals surface area (Å²) in [6.07, 6.45) is 0. The van der Waals surface area contributed by atoms with Crippen LogP contribution < -0.4 is 5.32 Å². The standard InChI is InChI=1S/C10H16N2O/c1-10(2,3)12-5-7-4-11-9(13)8(7)6-12/h4-6H2,1-3H3,(H,11,13). The average molecular weight is 180 g/mol. The molecule has 0 fully saturated rings. The number of nitrogens with zero attached hydrogens (tertiary/aromatic N) is 1. The number of hydrogen-bond acceptors (Lipinski definition) is 2. The Balaban J connectivity index is 2.13. The molecule has 0 saturated heterocycles. The molecule has 2 rings (SSSR count). The smallest absolute Gasteiger partial charge is 0.248 e. The lowest BCUT2D eigenvalue weighted by atomic mass is 10.1. The first-order valence-corrected chi connectivity index (χ1v) is 4.72. The Bertz CT molecular complexity index is 286. The van der Waals surface area contributed by atoms with Gasteiger partial charge in [-0.15, -0.1) is 0 Å². The summed E-state index contributed by atoms with van der Waals surface area (Å²) < 4.78 is 0. The molecule has 2 aliphatic heterocycles. The number of hydrogen-bond donors (Lipinski definition) is 1. The van der Waals surface area contributed by atoms with Gasteiger partial charge in [0.1, 0.15) is 0 Å². The van der Waals surface area contributed by atoms with Gasteiger partial charge in [0.25, 0.3) is 0 Å². The molecule has 0 saturated carbocycles. The second kappa shape index (κ2) is 2.58. The SMILES string of the molecule is CC(C)(C)N1CC2=C(C1)C(=O)NC2. The maximum atomic E-state index is 11.3. The first kappa shape index (κ1) is 8.75. The molecule has 0 bridgehead atoms. The molecule has 0 spiro atoms. The van der Waals surface area contributed by atoms with E-state index in [-0.39, 0.29) is 11.4 Å². The summed E-state index contributed by atoms with van der Waals surface area (Å²) in [5, 5.41) is 2.85. The summed E-state index contributed by atoms with van der Waals surface area (Å²) in [7, 11) is 0. The van der Waals surface area contributed by atoms with Crippen molar-refractivity contribution in [3.63, 3.8) is 0 Å². The summed E-state index contributed by atoms with van der Waals surface area (Å²) in [5.74, 6) is 0.141. The van der Waals surface area contributed by atoms with E-state index in [0.717, 1.165) is 25.2 Å². The molecule has 0 radical (unpaired) electrons. The van der Waals surface area contributed by atoms with E-state index in [1.165, 1.54) is 5.57 Å². The van der Waals surface area contributed by atoms with Crippen LogP contribution in [0.15, 0.2) is 11.1 Å². The summed E-state index contributed by atoms with van der Waals surface area (Å²) >= 11 is 0. The number of carbonyl (C=O) groups is 1. The first-order chi connectivity index (χ1) is 5.98. The lowest BCUT2D eigenvalue weighted by Crippen LogP contribution is -2.42. The van der Waals surface area contributed by atoms with Crippen LogP contribution >= 0.6 is 0 Å². The van der Waals surface area contributed by atoms with Crippen molar-refractivity contribution in [1.29, 1.82) is 0 Å². The van der Waals surface area contributed by atoms with Gasteiger partial charge in [0.15, 0.2) is 0 Å². The fourth-order valence-electron chi connectivity index (χ4n) is 1.85. The maximum absolute atomic E-state index is 11.3. The van der Waals surface area contributed by atoms with Gasteiger partial charge in [0.05, 0.1) is 0 Å². The van der Waals surface area contributed by atoms with Gasteiger partial charge in [-0.1, -0.05) is 0 Å². The van der Waals surface area contributed by atoms with Crippen molar-refractivity contribution < 1.29 is 4.79 Å². The third-order valence-corrected chi connectivity index (χ3v) is 2.84. The van der Waals surface area contributed by atoms with Gasteiger partial charge in [-0.25, -0.2) is 0 Å². The first-order valence-electron chi connectivity index (χ1n) is 4.72. The zero-order valence-corrected chi connectivity index (χ0v) is 8.48. The van der Waals surface area contributed by atoms with E-state index in [4.69, 9.17) is 0 Å². The van der Waals surface area contributed by atoms with Crippen LogP contribution in [0.1, 0.15) is 20.8 Å². The minimum atomic E-state index is 0.141. The largest absolute Gasteiger partial charge is 0.348 e. The fourth-order valence-corrected chi connectivity index (χ4v) is 1.85. The second-order valence-corrected chi connectivity index (χ2v) is 4.79. The topological polar surface area (TPSA) is 32.3 Å². The van der Waals surface area contributed by atoms with Gasteiger partial charge >= 0.3 is 0 Å². The van der Waals surface area contributed by atoms with Crippen LogP contribution in [0.2, 0.25) is 0 Å². The molecule has 3 heteroatoms. The Hall–Kier alpha value is -0.830.